The lowest BCUT2D eigenvalue weighted by Crippen LogP contribution is -1.99. The average Bonchev–Trinajstić information content (AvgIpc) is 1.65. The first kappa shape index (κ1) is 11.9. The SMILES string of the molecule is O=[PH](O)C(O)CBr.[AlH3]. The molecule has 0 fully saturated rings. The van der Waals surface area contributed by atoms with Crippen LogP contribution in [0, 0.1) is 0 Å². The first-order valence-electron chi connectivity index (χ1n) is 1.65. The molecule has 0 saturated heterocycles. The fourth-order valence-electron chi connectivity index (χ4n) is 0.0660. The van der Waals surface area contributed by atoms with Crippen LogP contribution in [0.3, 0.4) is 0 Å². The van der Waals surface area contributed by atoms with Gasteiger partial charge in [0.15, 0.2) is 17.4 Å². The van der Waals surface area contributed by atoms with Crippen molar-refractivity contribution in [3.05, 3.63) is 0 Å². The Labute approximate surface area is 67.2 Å². The van der Waals surface area contributed by atoms with E-state index >= 15 is 0 Å². The zero-order chi connectivity index (χ0) is 5.86. The third-order valence-corrected chi connectivity index (χ3v) is 2.42. The number of halogens is 1. The monoisotopic (exact) mass is 218 g/mol. The van der Waals surface area contributed by atoms with Crippen molar-refractivity contribution < 1.29 is 14.6 Å². The van der Waals surface area contributed by atoms with Gasteiger partial charge in [0.05, 0.1) is 0 Å². The molecule has 3 nitrogen and oxygen atoms in total. The van der Waals surface area contributed by atoms with Gasteiger partial charge in [-0.3, -0.25) is 4.57 Å². The van der Waals surface area contributed by atoms with Crippen LogP contribution in [0.4, 0.5) is 0 Å². The minimum absolute atomic E-state index is 0. The molecule has 0 aliphatic rings. The first-order chi connectivity index (χ1) is 3.18. The van der Waals surface area contributed by atoms with Crippen LogP contribution in [0.2, 0.25) is 0 Å². The fourth-order valence-corrected chi connectivity index (χ4v) is 1.03. The molecule has 0 aromatic rings. The molecule has 2 N–H and O–H groups in total. The van der Waals surface area contributed by atoms with Crippen LogP contribution in [0.25, 0.3) is 0 Å². The number of hydrogen-bond acceptors (Lipinski definition) is 2. The lowest BCUT2D eigenvalue weighted by Gasteiger charge is -1.96. The Morgan fingerprint density at radius 2 is 2.12 bits per heavy atom. The molecule has 0 heterocycles. The number of aliphatic hydroxyl groups is 1. The molecule has 0 rings (SSSR count). The molecule has 0 aliphatic heterocycles. The van der Waals surface area contributed by atoms with Gasteiger partial charge in [0.25, 0.3) is 0 Å². The predicted molar refractivity (Wildman–Crippen MR) is 41.0 cm³/mol. The van der Waals surface area contributed by atoms with Crippen LogP contribution in [0.5, 0.6) is 0 Å². The zero-order valence-electron chi connectivity index (χ0n) is 3.47. The zero-order valence-corrected chi connectivity index (χ0v) is 6.05. The van der Waals surface area contributed by atoms with Gasteiger partial charge in [-0.2, -0.15) is 0 Å². The summed E-state index contributed by atoms with van der Waals surface area (Å²) in [6, 6.07) is 0. The van der Waals surface area contributed by atoms with Crippen molar-refractivity contribution in [3.8, 4) is 0 Å². The number of aliphatic hydroxyl groups excluding tert-OH is 1. The summed E-state index contributed by atoms with van der Waals surface area (Å²) in [6.45, 7) is 0. The highest BCUT2D eigenvalue weighted by molar-refractivity contribution is 9.09. The molecule has 0 radical (unpaired) electrons. The van der Waals surface area contributed by atoms with E-state index in [4.69, 9.17) is 10.00 Å². The quantitative estimate of drug-likeness (QED) is 0.355. The molecule has 0 saturated carbocycles. The number of hydrogen-bond donors (Lipinski definition) is 2. The van der Waals surface area contributed by atoms with E-state index in [1.54, 1.807) is 0 Å². The Kier molecular flexibility index (Phi) is 9.35. The van der Waals surface area contributed by atoms with Crippen LogP contribution >= 0.6 is 24.0 Å². The molecular formula is C2H9AlBrO3P. The van der Waals surface area contributed by atoms with Crippen LogP contribution in [-0.4, -0.2) is 38.5 Å². The lowest BCUT2D eigenvalue weighted by atomic mass is 10.9. The fraction of sp³-hybridized carbons (Fsp3) is 1.00. The summed E-state index contributed by atoms with van der Waals surface area (Å²) in [4.78, 5) is 8.09. The molecule has 0 aromatic heterocycles. The summed E-state index contributed by atoms with van der Waals surface area (Å²) in [6.07, 6.45) is 0. The Hall–Kier alpha value is 1.16. The Morgan fingerprint density at radius 3 is 2.12 bits per heavy atom. The van der Waals surface area contributed by atoms with Crippen molar-refractivity contribution in [2.75, 3.05) is 5.33 Å². The van der Waals surface area contributed by atoms with E-state index in [0.717, 1.165) is 0 Å². The molecule has 8 heavy (non-hydrogen) atoms. The second-order valence-electron chi connectivity index (χ2n) is 1.01. The van der Waals surface area contributed by atoms with Crippen LogP contribution < -0.4 is 0 Å². The summed E-state index contributed by atoms with van der Waals surface area (Å²) in [7, 11) is -2.70. The molecular weight excluding hydrogens is 210 g/mol. The Bertz CT molecular complexity index is 79.7. The van der Waals surface area contributed by atoms with Crippen molar-refractivity contribution in [2.45, 2.75) is 5.85 Å². The molecule has 2 unspecified atom stereocenters. The van der Waals surface area contributed by atoms with Crippen molar-refractivity contribution in [1.29, 1.82) is 0 Å². The maximum absolute atomic E-state index is 9.84. The van der Waals surface area contributed by atoms with E-state index in [2.05, 4.69) is 15.9 Å². The number of alkyl halides is 1. The molecule has 0 amide bonds. The van der Waals surface area contributed by atoms with Gasteiger partial charge in [0.1, 0.15) is 5.85 Å². The molecule has 0 bridgehead atoms. The highest BCUT2D eigenvalue weighted by atomic mass is 79.9. The highest BCUT2D eigenvalue weighted by Gasteiger charge is 2.04. The van der Waals surface area contributed by atoms with Crippen LogP contribution in [0.1, 0.15) is 0 Å². The molecule has 0 aromatic carbocycles. The first-order valence-corrected chi connectivity index (χ1v) is 4.20. The maximum atomic E-state index is 9.84. The summed E-state index contributed by atoms with van der Waals surface area (Å²) >= 11 is 2.83. The Morgan fingerprint density at radius 1 is 1.75 bits per heavy atom. The molecule has 50 valence electrons. The van der Waals surface area contributed by atoms with Gasteiger partial charge in [0.2, 0.25) is 8.03 Å². The normalized spacial score (nSPS) is 16.4. The standard InChI is InChI=1S/C2H6BrO3P.Al.3H/c3-1-2(4)7(5)6;;;;/h2,4,7H,1H2,(H,5,6);;;;. The maximum Gasteiger partial charge on any atom is 0.217 e. The van der Waals surface area contributed by atoms with Gasteiger partial charge in [-0.15, -0.1) is 0 Å². The van der Waals surface area contributed by atoms with E-state index in [-0.39, 0.29) is 22.7 Å². The lowest BCUT2D eigenvalue weighted by molar-refractivity contribution is 0.262. The number of rotatable bonds is 2. The van der Waals surface area contributed by atoms with Crippen molar-refractivity contribution in [2.24, 2.45) is 0 Å². The van der Waals surface area contributed by atoms with Gasteiger partial charge >= 0.3 is 0 Å². The topological polar surface area (TPSA) is 57.5 Å². The summed E-state index contributed by atoms with van der Waals surface area (Å²) in [5, 5.41) is 8.54. The minimum atomic E-state index is -2.70. The molecule has 2 atom stereocenters. The third-order valence-electron chi connectivity index (χ3n) is 0.431. The molecule has 0 spiro atoms. The van der Waals surface area contributed by atoms with Gasteiger partial charge in [-0.1, -0.05) is 15.9 Å². The predicted octanol–water partition coefficient (Wildman–Crippen LogP) is -1.02. The van der Waals surface area contributed by atoms with Crippen LogP contribution in [0.15, 0.2) is 0 Å². The second kappa shape index (κ2) is 6.28. The minimum Gasteiger partial charge on any atom is -0.382 e. The largest absolute Gasteiger partial charge is 0.382 e. The van der Waals surface area contributed by atoms with Gasteiger partial charge in [0, 0.05) is 5.33 Å². The van der Waals surface area contributed by atoms with Gasteiger partial charge in [-0.25, -0.2) is 0 Å². The molecule has 6 heteroatoms. The molecule has 0 aliphatic carbocycles. The van der Waals surface area contributed by atoms with Crippen molar-refractivity contribution in [3.63, 3.8) is 0 Å². The van der Waals surface area contributed by atoms with Crippen molar-refractivity contribution >= 4 is 41.3 Å². The highest BCUT2D eigenvalue weighted by Crippen LogP contribution is 2.20. The van der Waals surface area contributed by atoms with Crippen LogP contribution in [-0.2, 0) is 4.57 Å². The van der Waals surface area contributed by atoms with E-state index in [1.807, 2.05) is 0 Å². The van der Waals surface area contributed by atoms with E-state index in [0.29, 0.717) is 0 Å². The van der Waals surface area contributed by atoms with Gasteiger partial charge in [-0.05, 0) is 0 Å². The average molecular weight is 219 g/mol. The van der Waals surface area contributed by atoms with Gasteiger partial charge < -0.3 is 10.00 Å². The van der Waals surface area contributed by atoms with Crippen molar-refractivity contribution in [1.82, 2.24) is 0 Å². The third kappa shape index (κ3) is 5.30. The summed E-state index contributed by atoms with van der Waals surface area (Å²) in [5.41, 5.74) is 0. The van der Waals surface area contributed by atoms with E-state index < -0.39 is 13.9 Å². The van der Waals surface area contributed by atoms with E-state index in [9.17, 15) is 4.57 Å². The smallest absolute Gasteiger partial charge is 0.217 e. The second-order valence-corrected chi connectivity index (χ2v) is 3.00. The Balaban J connectivity index is 0. The summed E-state index contributed by atoms with van der Waals surface area (Å²) in [5.74, 6) is -1.08. The van der Waals surface area contributed by atoms with E-state index in [1.165, 1.54) is 0 Å². The summed E-state index contributed by atoms with van der Waals surface area (Å²) < 4.78 is 9.84.